The Labute approximate surface area is 169 Å². The zero-order chi connectivity index (χ0) is 20.1. The van der Waals surface area contributed by atoms with Crippen molar-refractivity contribution >= 4 is 11.7 Å². The average molecular weight is 398 g/mol. The third-order valence-electron chi connectivity index (χ3n) is 8.12. The van der Waals surface area contributed by atoms with Crippen molar-refractivity contribution in [1.29, 1.82) is 0 Å². The summed E-state index contributed by atoms with van der Waals surface area (Å²) < 4.78 is 23.3. The molecule has 0 radical (unpaired) electrons. The summed E-state index contributed by atoms with van der Waals surface area (Å²) in [6.45, 7) is 2.92. The number of piperidine rings is 2. The number of nitrogens with zero attached hydrogens (tertiary/aromatic N) is 1. The van der Waals surface area contributed by atoms with E-state index in [-0.39, 0.29) is 30.1 Å². The van der Waals surface area contributed by atoms with Crippen LogP contribution in [0.15, 0.2) is 23.8 Å². The summed E-state index contributed by atoms with van der Waals surface area (Å²) in [7, 11) is 4.77. The summed E-state index contributed by atoms with van der Waals surface area (Å²) >= 11 is 0. The fraction of sp³-hybridized carbons (Fsp3) is 0.591. The van der Waals surface area contributed by atoms with E-state index in [0.717, 1.165) is 30.6 Å². The van der Waals surface area contributed by atoms with Gasteiger partial charge in [0.2, 0.25) is 0 Å². The molecule has 0 aromatic heterocycles. The quantitative estimate of drug-likeness (QED) is 0.619. The standard InChI is InChI=1S/C22H26N2O5/c1-5-11-10-24-17-6-12(11)19(20(25)28-4)21-9-18(24)29-22(17,21)23-14-8-16(27-3)15(26-2)7-13(14)21/h5,7-8,12,17-19,23H,6,9-10H2,1-4H3/t12-,17-,18-,19+,21-,22-/m0/s1. The lowest BCUT2D eigenvalue weighted by Crippen LogP contribution is -2.73. The van der Waals surface area contributed by atoms with Crippen LogP contribution in [-0.2, 0) is 19.7 Å². The summed E-state index contributed by atoms with van der Waals surface area (Å²) in [6.07, 6.45) is 3.84. The molecule has 1 N–H and O–H groups in total. The van der Waals surface area contributed by atoms with Gasteiger partial charge >= 0.3 is 5.97 Å². The molecule has 29 heavy (non-hydrogen) atoms. The summed E-state index contributed by atoms with van der Waals surface area (Å²) in [5.74, 6) is 1.05. The van der Waals surface area contributed by atoms with E-state index in [9.17, 15) is 4.79 Å². The van der Waals surface area contributed by atoms with Crippen molar-refractivity contribution in [3.63, 3.8) is 0 Å². The maximum Gasteiger partial charge on any atom is 0.310 e. The number of rotatable bonds is 3. The van der Waals surface area contributed by atoms with Crippen LogP contribution in [0.1, 0.15) is 25.3 Å². The molecule has 4 fully saturated rings. The number of carbonyl (C=O) groups is 1. The molecule has 4 bridgehead atoms. The number of allylic oxidation sites excluding steroid dienone is 1. The molecule has 0 amide bonds. The zero-order valence-corrected chi connectivity index (χ0v) is 17.2. The van der Waals surface area contributed by atoms with Crippen molar-refractivity contribution in [3.05, 3.63) is 29.3 Å². The Hall–Kier alpha value is -2.25. The minimum absolute atomic E-state index is 0.00268. The molecule has 1 aromatic carbocycles. The first kappa shape index (κ1) is 17.6. The SMILES string of the molecule is CC=C1CN2[C@@H]3C[C@@]45c6cc(OC)c(OC)cc6N[C@]4(O3)[C@@H]2C[C@@H]1[C@@H]5C(=O)OC. The molecule has 6 rings (SSSR count). The lowest BCUT2D eigenvalue weighted by atomic mass is 9.49. The predicted molar refractivity (Wildman–Crippen MR) is 105 cm³/mol. The number of benzene rings is 1. The number of hydrogen-bond donors (Lipinski definition) is 1. The third-order valence-corrected chi connectivity index (χ3v) is 8.12. The summed E-state index contributed by atoms with van der Waals surface area (Å²) in [6, 6.07) is 4.24. The van der Waals surface area contributed by atoms with E-state index in [4.69, 9.17) is 18.9 Å². The lowest BCUT2D eigenvalue weighted by Gasteiger charge is -2.60. The van der Waals surface area contributed by atoms with Crippen molar-refractivity contribution in [1.82, 2.24) is 4.90 Å². The molecule has 1 spiro atoms. The molecule has 6 atom stereocenters. The topological polar surface area (TPSA) is 69.3 Å². The van der Waals surface area contributed by atoms with E-state index < -0.39 is 11.1 Å². The van der Waals surface area contributed by atoms with E-state index in [0.29, 0.717) is 11.5 Å². The fourth-order valence-corrected chi connectivity index (χ4v) is 7.12. The largest absolute Gasteiger partial charge is 0.493 e. The summed E-state index contributed by atoms with van der Waals surface area (Å²) in [5.41, 5.74) is 2.25. The van der Waals surface area contributed by atoms with Gasteiger partial charge in [0.1, 0.15) is 6.23 Å². The molecule has 1 aromatic rings. The minimum Gasteiger partial charge on any atom is -0.493 e. The number of methoxy groups -OCH3 is 3. The third kappa shape index (κ3) is 1.73. The zero-order valence-electron chi connectivity index (χ0n) is 17.2. The Morgan fingerprint density at radius 2 is 2.03 bits per heavy atom. The molecule has 3 saturated heterocycles. The first-order chi connectivity index (χ1) is 14.0. The maximum atomic E-state index is 13.3. The van der Waals surface area contributed by atoms with Gasteiger partial charge in [0.25, 0.3) is 0 Å². The number of carbonyl (C=O) groups excluding carboxylic acids is 1. The first-order valence-electron chi connectivity index (χ1n) is 10.3. The van der Waals surface area contributed by atoms with Crippen LogP contribution in [0, 0.1) is 11.8 Å². The number of anilines is 1. The van der Waals surface area contributed by atoms with Crippen molar-refractivity contribution < 1.29 is 23.7 Å². The van der Waals surface area contributed by atoms with Crippen molar-refractivity contribution in [2.75, 3.05) is 33.2 Å². The molecular formula is C22H26N2O5. The Morgan fingerprint density at radius 3 is 2.72 bits per heavy atom. The Morgan fingerprint density at radius 1 is 1.28 bits per heavy atom. The predicted octanol–water partition coefficient (Wildman–Crippen LogP) is 2.26. The monoisotopic (exact) mass is 398 g/mol. The second-order valence-corrected chi connectivity index (χ2v) is 8.76. The highest BCUT2D eigenvalue weighted by atomic mass is 16.6. The van der Waals surface area contributed by atoms with Crippen LogP contribution in [0.25, 0.3) is 0 Å². The van der Waals surface area contributed by atoms with Gasteiger partial charge in [-0.3, -0.25) is 9.69 Å². The van der Waals surface area contributed by atoms with Crippen molar-refractivity contribution in [2.24, 2.45) is 11.8 Å². The lowest BCUT2D eigenvalue weighted by molar-refractivity contribution is -0.161. The van der Waals surface area contributed by atoms with Gasteiger partial charge < -0.3 is 24.3 Å². The van der Waals surface area contributed by atoms with Crippen LogP contribution in [0.3, 0.4) is 0 Å². The van der Waals surface area contributed by atoms with Crippen molar-refractivity contribution in [3.8, 4) is 11.5 Å². The average Bonchev–Trinajstić information content (AvgIpc) is 3.33. The van der Waals surface area contributed by atoms with Crippen LogP contribution in [0.5, 0.6) is 11.5 Å². The Kier molecular flexibility index (Phi) is 3.31. The van der Waals surface area contributed by atoms with Crippen molar-refractivity contribution in [2.45, 2.75) is 43.2 Å². The van der Waals surface area contributed by atoms with Gasteiger partial charge in [-0.1, -0.05) is 11.6 Å². The van der Waals surface area contributed by atoms with E-state index in [1.54, 1.807) is 14.2 Å². The molecule has 5 aliphatic rings. The van der Waals surface area contributed by atoms with Crippen LogP contribution in [0.2, 0.25) is 0 Å². The summed E-state index contributed by atoms with van der Waals surface area (Å²) in [4.78, 5) is 15.8. The normalized spacial score (nSPS) is 41.9. The van der Waals surface area contributed by atoms with Gasteiger partial charge in [0.15, 0.2) is 17.2 Å². The minimum atomic E-state index is -0.619. The molecule has 0 unspecified atom stereocenters. The highest BCUT2D eigenvalue weighted by Gasteiger charge is 2.82. The second kappa shape index (κ2) is 5.46. The highest BCUT2D eigenvalue weighted by molar-refractivity contribution is 5.82. The molecule has 1 saturated carbocycles. The molecule has 4 heterocycles. The highest BCUT2D eigenvalue weighted by Crippen LogP contribution is 2.72. The second-order valence-electron chi connectivity index (χ2n) is 8.76. The van der Waals surface area contributed by atoms with Gasteiger partial charge in [0.05, 0.1) is 38.7 Å². The number of nitrogens with one attached hydrogen (secondary N) is 1. The van der Waals surface area contributed by atoms with E-state index in [2.05, 4.69) is 23.2 Å². The van der Waals surface area contributed by atoms with E-state index in [1.165, 1.54) is 12.7 Å². The maximum absolute atomic E-state index is 13.3. The number of hydrogen-bond acceptors (Lipinski definition) is 7. The molecular weight excluding hydrogens is 372 g/mol. The molecule has 7 nitrogen and oxygen atoms in total. The molecule has 154 valence electrons. The Bertz CT molecular complexity index is 961. The number of ether oxygens (including phenoxy) is 4. The fourth-order valence-electron chi connectivity index (χ4n) is 7.12. The smallest absolute Gasteiger partial charge is 0.310 e. The van der Waals surface area contributed by atoms with Gasteiger partial charge in [0, 0.05) is 24.7 Å². The number of fused-ring (bicyclic) bond motifs is 4. The number of esters is 1. The van der Waals surface area contributed by atoms with Gasteiger partial charge in [-0.2, -0.15) is 0 Å². The van der Waals surface area contributed by atoms with Crippen LogP contribution < -0.4 is 14.8 Å². The van der Waals surface area contributed by atoms with Crippen LogP contribution in [-0.4, -0.2) is 56.7 Å². The van der Waals surface area contributed by atoms with Crippen LogP contribution in [0.4, 0.5) is 5.69 Å². The van der Waals surface area contributed by atoms with Gasteiger partial charge in [-0.05, 0) is 30.9 Å². The van der Waals surface area contributed by atoms with Gasteiger partial charge in [-0.15, -0.1) is 0 Å². The van der Waals surface area contributed by atoms with E-state index in [1.807, 2.05) is 12.1 Å². The van der Waals surface area contributed by atoms with Crippen LogP contribution >= 0.6 is 0 Å². The molecule has 7 heteroatoms. The van der Waals surface area contributed by atoms with E-state index >= 15 is 0 Å². The Balaban J connectivity index is 1.64. The first-order valence-corrected chi connectivity index (χ1v) is 10.3. The molecule has 4 aliphatic heterocycles. The summed E-state index contributed by atoms with van der Waals surface area (Å²) in [5, 5.41) is 3.72. The molecule has 1 aliphatic carbocycles. The van der Waals surface area contributed by atoms with Gasteiger partial charge in [-0.25, -0.2) is 0 Å².